The molecule has 1 aromatic heterocycles. The number of carbonyl (C=O) groups is 2. The third-order valence-corrected chi connectivity index (χ3v) is 5.03. The number of nitrogens with one attached hydrogen (secondary N) is 1. The first-order valence-electron chi connectivity index (χ1n) is 10.2. The van der Waals surface area contributed by atoms with Crippen LogP contribution in [0.2, 0.25) is 0 Å². The fraction of sp³-hybridized carbons (Fsp3) is 0.160. The largest absolute Gasteiger partial charge is 0.444 e. The molecule has 0 aliphatic rings. The van der Waals surface area contributed by atoms with E-state index in [1.165, 1.54) is 0 Å². The molecule has 0 fully saturated rings. The highest BCUT2D eigenvalue weighted by Gasteiger charge is 2.14. The number of rotatable bonds is 6. The number of hydrogen-bond donors (Lipinski definition) is 1. The number of hydrogen-bond acceptors (Lipinski definition) is 4. The van der Waals surface area contributed by atoms with E-state index in [0.29, 0.717) is 17.9 Å². The van der Waals surface area contributed by atoms with Crippen LogP contribution in [-0.2, 0) is 17.9 Å². The fourth-order valence-electron chi connectivity index (χ4n) is 3.38. The highest BCUT2D eigenvalue weighted by atomic mass is 16.5. The maximum Gasteiger partial charge on any atom is 0.413 e. The van der Waals surface area contributed by atoms with Crippen LogP contribution in [0, 0.1) is 0 Å². The third kappa shape index (κ3) is 4.78. The van der Waals surface area contributed by atoms with Crippen molar-refractivity contribution in [2.75, 3.05) is 19.4 Å². The minimum Gasteiger partial charge on any atom is -0.444 e. The van der Waals surface area contributed by atoms with Crippen LogP contribution in [0.3, 0.4) is 0 Å². The van der Waals surface area contributed by atoms with E-state index in [1.807, 2.05) is 83.5 Å². The molecular weight excluding hydrogens is 404 g/mol. The molecule has 0 aliphatic carbocycles. The molecule has 0 radical (unpaired) electrons. The van der Waals surface area contributed by atoms with Crippen molar-refractivity contribution < 1.29 is 14.3 Å². The summed E-state index contributed by atoms with van der Waals surface area (Å²) in [6.07, 6.45) is -0.559. The number of ether oxygens (including phenoxy) is 1. The number of para-hydroxylation sites is 1. The number of aromatic nitrogens is 2. The standard InChI is InChI=1S/C25H24N4O3/c1-28(2)24(30)20-14-12-18(13-15-20)16-29-22-11-7-6-10-21(22)23(27-29)26-25(31)32-17-19-8-4-3-5-9-19/h3-15H,16-17H2,1-2H3,(H,26,27,31). The molecule has 32 heavy (non-hydrogen) atoms. The van der Waals surface area contributed by atoms with Crippen molar-refractivity contribution in [3.63, 3.8) is 0 Å². The van der Waals surface area contributed by atoms with Gasteiger partial charge in [0.1, 0.15) is 6.61 Å². The van der Waals surface area contributed by atoms with Crippen molar-refractivity contribution in [1.82, 2.24) is 14.7 Å². The Morgan fingerprint density at radius 1 is 0.906 bits per heavy atom. The minimum absolute atomic E-state index is 0.0402. The van der Waals surface area contributed by atoms with Gasteiger partial charge in [-0.15, -0.1) is 0 Å². The van der Waals surface area contributed by atoms with E-state index in [2.05, 4.69) is 10.4 Å². The second kappa shape index (κ2) is 9.34. The normalized spacial score (nSPS) is 10.7. The van der Waals surface area contributed by atoms with E-state index in [-0.39, 0.29) is 12.5 Å². The molecule has 4 aromatic rings. The van der Waals surface area contributed by atoms with Gasteiger partial charge in [0.15, 0.2) is 5.82 Å². The molecule has 0 bridgehead atoms. The summed E-state index contributed by atoms with van der Waals surface area (Å²) in [6.45, 7) is 0.682. The zero-order valence-electron chi connectivity index (χ0n) is 18.0. The Morgan fingerprint density at radius 3 is 2.31 bits per heavy atom. The second-order valence-corrected chi connectivity index (χ2v) is 7.61. The summed E-state index contributed by atoms with van der Waals surface area (Å²) in [5, 5.41) is 8.17. The van der Waals surface area contributed by atoms with Gasteiger partial charge in [0.25, 0.3) is 5.91 Å². The molecular formula is C25H24N4O3. The summed E-state index contributed by atoms with van der Waals surface area (Å²) in [7, 11) is 3.46. The van der Waals surface area contributed by atoms with Crippen molar-refractivity contribution in [1.29, 1.82) is 0 Å². The summed E-state index contributed by atoms with van der Waals surface area (Å²) in [5.41, 5.74) is 3.42. The predicted octanol–water partition coefficient (Wildman–Crippen LogP) is 4.54. The van der Waals surface area contributed by atoms with E-state index in [4.69, 9.17) is 4.74 Å². The van der Waals surface area contributed by atoms with E-state index < -0.39 is 6.09 Å². The zero-order chi connectivity index (χ0) is 22.5. The molecule has 162 valence electrons. The molecule has 0 spiro atoms. The van der Waals surface area contributed by atoms with Crippen LogP contribution in [0.1, 0.15) is 21.5 Å². The topological polar surface area (TPSA) is 76.5 Å². The molecule has 0 unspecified atom stereocenters. The van der Waals surface area contributed by atoms with Gasteiger partial charge >= 0.3 is 6.09 Å². The predicted molar refractivity (Wildman–Crippen MR) is 124 cm³/mol. The quantitative estimate of drug-likeness (QED) is 0.489. The van der Waals surface area contributed by atoms with Gasteiger partial charge in [-0.2, -0.15) is 5.10 Å². The van der Waals surface area contributed by atoms with Crippen LogP contribution >= 0.6 is 0 Å². The first-order chi connectivity index (χ1) is 15.5. The van der Waals surface area contributed by atoms with Crippen LogP contribution in [-0.4, -0.2) is 40.8 Å². The third-order valence-electron chi connectivity index (χ3n) is 5.03. The zero-order valence-corrected chi connectivity index (χ0v) is 18.0. The molecule has 0 saturated heterocycles. The molecule has 1 heterocycles. The first kappa shape index (κ1) is 21.1. The summed E-state index contributed by atoms with van der Waals surface area (Å²) in [4.78, 5) is 26.0. The van der Waals surface area contributed by atoms with Crippen molar-refractivity contribution in [2.24, 2.45) is 0 Å². The lowest BCUT2D eigenvalue weighted by atomic mass is 10.1. The molecule has 7 nitrogen and oxygen atoms in total. The summed E-state index contributed by atoms with van der Waals surface area (Å²) in [6, 6.07) is 24.6. The Morgan fingerprint density at radius 2 is 1.59 bits per heavy atom. The second-order valence-electron chi connectivity index (χ2n) is 7.61. The average Bonchev–Trinajstić information content (AvgIpc) is 3.15. The van der Waals surface area contributed by atoms with E-state index >= 15 is 0 Å². The van der Waals surface area contributed by atoms with E-state index in [9.17, 15) is 9.59 Å². The Bertz CT molecular complexity index is 1230. The molecule has 1 N–H and O–H groups in total. The van der Waals surface area contributed by atoms with Gasteiger partial charge < -0.3 is 9.64 Å². The van der Waals surface area contributed by atoms with Gasteiger partial charge in [0, 0.05) is 25.0 Å². The molecule has 4 rings (SSSR count). The van der Waals surface area contributed by atoms with Crippen LogP contribution in [0.25, 0.3) is 10.9 Å². The Kier molecular flexibility index (Phi) is 6.17. The number of amides is 2. The van der Waals surface area contributed by atoms with E-state index in [1.54, 1.807) is 19.0 Å². The van der Waals surface area contributed by atoms with Crippen LogP contribution in [0.4, 0.5) is 10.6 Å². The van der Waals surface area contributed by atoms with Crippen LogP contribution in [0.15, 0.2) is 78.9 Å². The van der Waals surface area contributed by atoms with Crippen molar-refractivity contribution in [2.45, 2.75) is 13.2 Å². The van der Waals surface area contributed by atoms with Gasteiger partial charge in [-0.1, -0.05) is 54.6 Å². The average molecular weight is 428 g/mol. The number of benzene rings is 3. The number of nitrogens with zero attached hydrogens (tertiary/aromatic N) is 3. The van der Waals surface area contributed by atoms with Gasteiger partial charge in [-0.05, 0) is 35.4 Å². The van der Waals surface area contributed by atoms with Crippen molar-refractivity contribution in [3.05, 3.63) is 95.6 Å². The molecule has 2 amide bonds. The van der Waals surface area contributed by atoms with Gasteiger partial charge in [0.2, 0.25) is 0 Å². The molecule has 3 aromatic carbocycles. The maximum absolute atomic E-state index is 12.3. The smallest absolute Gasteiger partial charge is 0.413 e. The monoisotopic (exact) mass is 428 g/mol. The highest BCUT2D eigenvalue weighted by molar-refractivity contribution is 5.97. The van der Waals surface area contributed by atoms with Crippen molar-refractivity contribution in [3.8, 4) is 0 Å². The summed E-state index contributed by atoms with van der Waals surface area (Å²) in [5.74, 6) is 0.402. The molecule has 0 atom stereocenters. The number of anilines is 1. The van der Waals surface area contributed by atoms with Gasteiger partial charge in [-0.3, -0.25) is 14.8 Å². The summed E-state index contributed by atoms with van der Waals surface area (Å²) < 4.78 is 7.15. The highest BCUT2D eigenvalue weighted by Crippen LogP contribution is 2.24. The number of carbonyl (C=O) groups excluding carboxylic acids is 2. The van der Waals surface area contributed by atoms with Crippen LogP contribution < -0.4 is 5.32 Å². The lowest BCUT2D eigenvalue weighted by molar-refractivity contribution is 0.0827. The summed E-state index contributed by atoms with van der Waals surface area (Å²) >= 11 is 0. The molecule has 7 heteroatoms. The Hall–Kier alpha value is -4.13. The first-order valence-corrected chi connectivity index (χ1v) is 10.2. The van der Waals surface area contributed by atoms with E-state index in [0.717, 1.165) is 22.0 Å². The van der Waals surface area contributed by atoms with Crippen molar-refractivity contribution >= 4 is 28.7 Å². The minimum atomic E-state index is -0.559. The lowest BCUT2D eigenvalue weighted by Gasteiger charge is -2.10. The molecule has 0 saturated carbocycles. The Labute approximate surface area is 186 Å². The lowest BCUT2D eigenvalue weighted by Crippen LogP contribution is -2.21. The molecule has 0 aliphatic heterocycles. The Balaban J connectivity index is 1.50. The maximum atomic E-state index is 12.3. The fourth-order valence-corrected chi connectivity index (χ4v) is 3.38. The van der Waals surface area contributed by atoms with Gasteiger partial charge in [0.05, 0.1) is 12.1 Å². The number of fused-ring (bicyclic) bond motifs is 1. The van der Waals surface area contributed by atoms with Gasteiger partial charge in [-0.25, -0.2) is 4.79 Å². The van der Waals surface area contributed by atoms with Crippen LogP contribution in [0.5, 0.6) is 0 Å². The SMILES string of the molecule is CN(C)C(=O)c1ccc(Cn2nc(NC(=O)OCc3ccccc3)c3ccccc32)cc1.